The molecule has 0 saturated carbocycles. The molecule has 0 aromatic heterocycles. The van der Waals surface area contributed by atoms with Crippen LogP contribution in [0.4, 0.5) is 0 Å². The van der Waals surface area contributed by atoms with Crippen LogP contribution in [0.25, 0.3) is 0 Å². The molecule has 2 aromatic carbocycles. The Balaban J connectivity index is 1.48. The topological polar surface area (TPSA) is 55.8 Å². The first-order chi connectivity index (χ1) is 13.1. The molecular weight excluding hydrogens is 362 g/mol. The monoisotopic (exact) mass is 385 g/mol. The number of rotatable bonds is 3. The predicted molar refractivity (Wildman–Crippen MR) is 102 cm³/mol. The number of nitrogens with zero attached hydrogens (tertiary/aromatic N) is 1. The van der Waals surface area contributed by atoms with Crippen molar-refractivity contribution < 1.29 is 17.9 Å². The van der Waals surface area contributed by atoms with Gasteiger partial charge in [0.1, 0.15) is 13.2 Å². The first-order valence-corrected chi connectivity index (χ1v) is 11.1. The Hall–Kier alpha value is -2.05. The van der Waals surface area contributed by atoms with Gasteiger partial charge in [0.25, 0.3) is 0 Å². The molecule has 2 aliphatic heterocycles. The Labute approximate surface area is 160 Å². The number of aryl methyl sites for hydroxylation is 2. The molecule has 0 unspecified atom stereocenters. The molecule has 0 amide bonds. The summed E-state index contributed by atoms with van der Waals surface area (Å²) >= 11 is 0. The van der Waals surface area contributed by atoms with Crippen LogP contribution >= 0.6 is 0 Å². The van der Waals surface area contributed by atoms with E-state index >= 15 is 0 Å². The van der Waals surface area contributed by atoms with Gasteiger partial charge in [-0.15, -0.1) is 0 Å². The lowest BCUT2D eigenvalue weighted by Crippen LogP contribution is -2.31. The summed E-state index contributed by atoms with van der Waals surface area (Å²) in [7, 11) is -3.52. The highest BCUT2D eigenvalue weighted by molar-refractivity contribution is 7.89. The summed E-state index contributed by atoms with van der Waals surface area (Å²) in [5.74, 6) is 1.44. The van der Waals surface area contributed by atoms with Crippen molar-refractivity contribution in [1.82, 2.24) is 4.31 Å². The van der Waals surface area contributed by atoms with Crippen molar-refractivity contribution in [3.8, 4) is 11.5 Å². The van der Waals surface area contributed by atoms with Crippen molar-refractivity contribution in [2.75, 3.05) is 19.8 Å². The molecule has 142 valence electrons. The fourth-order valence-electron chi connectivity index (χ4n) is 4.47. The second-order valence-electron chi connectivity index (χ2n) is 7.46. The number of fused-ring (bicyclic) bond motifs is 2. The molecule has 0 bridgehead atoms. The molecule has 5 rings (SSSR count). The van der Waals surface area contributed by atoms with Gasteiger partial charge in [-0.2, -0.15) is 4.31 Å². The smallest absolute Gasteiger partial charge is 0.243 e. The van der Waals surface area contributed by atoms with Crippen LogP contribution in [0, 0.1) is 0 Å². The summed E-state index contributed by atoms with van der Waals surface area (Å²) in [4.78, 5) is 0.424. The van der Waals surface area contributed by atoms with E-state index in [0.29, 0.717) is 30.4 Å². The van der Waals surface area contributed by atoms with E-state index in [1.54, 1.807) is 10.4 Å². The first kappa shape index (κ1) is 17.1. The molecule has 6 heteroatoms. The van der Waals surface area contributed by atoms with E-state index in [4.69, 9.17) is 9.47 Å². The van der Waals surface area contributed by atoms with E-state index in [9.17, 15) is 8.42 Å². The third-order valence-electron chi connectivity index (χ3n) is 5.83. The summed E-state index contributed by atoms with van der Waals surface area (Å²) in [5, 5.41) is 0. The number of hydrogen-bond donors (Lipinski definition) is 0. The minimum absolute atomic E-state index is 0.154. The maximum Gasteiger partial charge on any atom is 0.243 e. The molecular formula is C21H23NO4S. The zero-order valence-corrected chi connectivity index (χ0v) is 16.0. The third kappa shape index (κ3) is 2.91. The third-order valence-corrected chi connectivity index (χ3v) is 7.74. The number of hydrogen-bond acceptors (Lipinski definition) is 4. The zero-order valence-electron chi connectivity index (χ0n) is 15.2. The van der Waals surface area contributed by atoms with Crippen molar-refractivity contribution in [3.63, 3.8) is 0 Å². The quantitative estimate of drug-likeness (QED) is 0.812. The number of sulfonamides is 1. The van der Waals surface area contributed by atoms with Crippen LogP contribution in [0.5, 0.6) is 11.5 Å². The summed E-state index contributed by atoms with van der Waals surface area (Å²) < 4.78 is 39.7. The molecule has 0 radical (unpaired) electrons. The molecule has 0 spiro atoms. The lowest BCUT2D eigenvalue weighted by atomic mass is 10.0. The minimum Gasteiger partial charge on any atom is -0.486 e. The SMILES string of the molecule is O=S(=O)(c1ccc2c(c1)CCC2)N1CCC[C@@H]1c1ccc2c(c1)OCCO2. The Morgan fingerprint density at radius 2 is 1.70 bits per heavy atom. The van der Waals surface area contributed by atoms with Gasteiger partial charge in [0.05, 0.1) is 10.9 Å². The van der Waals surface area contributed by atoms with Crippen LogP contribution in [0.2, 0.25) is 0 Å². The van der Waals surface area contributed by atoms with Crippen molar-refractivity contribution in [2.24, 2.45) is 0 Å². The van der Waals surface area contributed by atoms with Crippen molar-refractivity contribution in [3.05, 3.63) is 53.1 Å². The molecule has 2 aromatic rings. The fraction of sp³-hybridized carbons (Fsp3) is 0.429. The minimum atomic E-state index is -3.52. The summed E-state index contributed by atoms with van der Waals surface area (Å²) in [6.45, 7) is 1.63. The molecule has 27 heavy (non-hydrogen) atoms. The molecule has 1 aliphatic carbocycles. The van der Waals surface area contributed by atoms with Crippen LogP contribution in [-0.4, -0.2) is 32.5 Å². The van der Waals surface area contributed by atoms with Gasteiger partial charge in [0.15, 0.2) is 11.5 Å². The van der Waals surface area contributed by atoms with Gasteiger partial charge >= 0.3 is 0 Å². The van der Waals surface area contributed by atoms with E-state index in [1.165, 1.54) is 11.1 Å². The normalized spacial score (nSPS) is 22.0. The highest BCUT2D eigenvalue weighted by atomic mass is 32.2. The highest BCUT2D eigenvalue weighted by Crippen LogP contribution is 2.40. The maximum atomic E-state index is 13.4. The van der Waals surface area contributed by atoms with Crippen LogP contribution in [0.15, 0.2) is 41.3 Å². The Bertz CT molecular complexity index is 986. The van der Waals surface area contributed by atoms with E-state index in [2.05, 4.69) is 0 Å². The van der Waals surface area contributed by atoms with E-state index in [-0.39, 0.29) is 6.04 Å². The molecule has 1 saturated heterocycles. The van der Waals surface area contributed by atoms with Crippen molar-refractivity contribution in [1.29, 1.82) is 0 Å². The highest BCUT2D eigenvalue weighted by Gasteiger charge is 2.37. The lowest BCUT2D eigenvalue weighted by Gasteiger charge is -2.26. The van der Waals surface area contributed by atoms with E-state index in [1.807, 2.05) is 30.3 Å². The average molecular weight is 385 g/mol. The molecule has 1 fully saturated rings. The van der Waals surface area contributed by atoms with Gasteiger partial charge in [-0.05, 0) is 73.1 Å². The van der Waals surface area contributed by atoms with Gasteiger partial charge in [-0.3, -0.25) is 0 Å². The largest absolute Gasteiger partial charge is 0.486 e. The summed E-state index contributed by atoms with van der Waals surface area (Å²) in [6, 6.07) is 11.3. The zero-order chi connectivity index (χ0) is 18.4. The van der Waals surface area contributed by atoms with Crippen LogP contribution in [0.3, 0.4) is 0 Å². The van der Waals surface area contributed by atoms with E-state index in [0.717, 1.165) is 43.4 Å². The van der Waals surface area contributed by atoms with Crippen molar-refractivity contribution in [2.45, 2.75) is 43.0 Å². The van der Waals surface area contributed by atoms with Gasteiger partial charge in [0.2, 0.25) is 10.0 Å². The van der Waals surface area contributed by atoms with Gasteiger partial charge in [-0.25, -0.2) is 8.42 Å². The number of benzene rings is 2. The van der Waals surface area contributed by atoms with Gasteiger partial charge in [-0.1, -0.05) is 12.1 Å². The molecule has 2 heterocycles. The number of ether oxygens (including phenoxy) is 2. The van der Waals surface area contributed by atoms with Gasteiger partial charge < -0.3 is 9.47 Å². The first-order valence-electron chi connectivity index (χ1n) is 9.66. The predicted octanol–water partition coefficient (Wildman–Crippen LogP) is 3.47. The standard InChI is InChI=1S/C21H23NO4S/c23-27(24,18-8-6-15-3-1-4-16(15)13-18)22-10-2-5-19(22)17-7-9-20-21(14-17)26-12-11-25-20/h6-9,13-14,19H,1-5,10-12H2/t19-/m1/s1. The average Bonchev–Trinajstić information content (AvgIpc) is 3.36. The molecule has 1 atom stereocenters. The lowest BCUT2D eigenvalue weighted by molar-refractivity contribution is 0.171. The maximum absolute atomic E-state index is 13.4. The Morgan fingerprint density at radius 1 is 0.889 bits per heavy atom. The van der Waals surface area contributed by atoms with Gasteiger partial charge in [0, 0.05) is 6.54 Å². The van der Waals surface area contributed by atoms with Crippen LogP contribution in [0.1, 0.15) is 42.0 Å². The van der Waals surface area contributed by atoms with Crippen molar-refractivity contribution >= 4 is 10.0 Å². The second-order valence-corrected chi connectivity index (χ2v) is 9.35. The summed E-state index contributed by atoms with van der Waals surface area (Å²) in [5.41, 5.74) is 3.45. The Morgan fingerprint density at radius 3 is 2.59 bits per heavy atom. The molecule has 5 nitrogen and oxygen atoms in total. The summed E-state index contributed by atoms with van der Waals surface area (Å²) in [6.07, 6.45) is 4.83. The second kappa shape index (κ2) is 6.53. The molecule has 0 N–H and O–H groups in total. The van der Waals surface area contributed by atoms with E-state index < -0.39 is 10.0 Å². The fourth-order valence-corrected chi connectivity index (χ4v) is 6.21. The molecule has 3 aliphatic rings. The Kier molecular flexibility index (Phi) is 4.13. The van der Waals surface area contributed by atoms with Crippen LogP contribution in [-0.2, 0) is 22.9 Å². The van der Waals surface area contributed by atoms with Crippen LogP contribution < -0.4 is 9.47 Å².